The van der Waals surface area contributed by atoms with Gasteiger partial charge in [-0.2, -0.15) is 5.26 Å². The maximum absolute atomic E-state index is 12.2. The molecule has 0 atom stereocenters. The zero-order valence-corrected chi connectivity index (χ0v) is 18.2. The summed E-state index contributed by atoms with van der Waals surface area (Å²) in [5.74, 6) is 0.696. The van der Waals surface area contributed by atoms with Crippen molar-refractivity contribution in [1.29, 1.82) is 5.26 Å². The third kappa shape index (κ3) is 6.14. The van der Waals surface area contributed by atoms with Crippen molar-refractivity contribution in [2.45, 2.75) is 25.7 Å². The molecule has 32 heavy (non-hydrogen) atoms. The third-order valence-electron chi connectivity index (χ3n) is 5.51. The molecule has 2 amide bonds. The monoisotopic (exact) mass is 436 g/mol. The van der Waals surface area contributed by atoms with Crippen molar-refractivity contribution < 1.29 is 19.1 Å². The summed E-state index contributed by atoms with van der Waals surface area (Å²) in [4.78, 5) is 25.8. The van der Waals surface area contributed by atoms with E-state index in [9.17, 15) is 9.59 Å². The van der Waals surface area contributed by atoms with Gasteiger partial charge in [0.05, 0.1) is 25.3 Å². The van der Waals surface area contributed by atoms with Gasteiger partial charge in [-0.25, -0.2) is 0 Å². The Morgan fingerprint density at radius 2 is 1.88 bits per heavy atom. The third-order valence-corrected chi connectivity index (χ3v) is 5.51. The first kappa shape index (κ1) is 22.9. The van der Waals surface area contributed by atoms with Gasteiger partial charge in [0, 0.05) is 42.9 Å². The number of piperidine rings is 1. The predicted octanol–water partition coefficient (Wildman–Crippen LogP) is 3.07. The van der Waals surface area contributed by atoms with E-state index in [0.29, 0.717) is 36.5 Å². The van der Waals surface area contributed by atoms with Crippen LogP contribution in [0.25, 0.3) is 0 Å². The van der Waals surface area contributed by atoms with E-state index < -0.39 is 0 Å². The fraction of sp³-hybridized carbons (Fsp3) is 0.375. The molecule has 0 unspecified atom stereocenters. The van der Waals surface area contributed by atoms with Gasteiger partial charge in [0.1, 0.15) is 0 Å². The number of hydrogen-bond acceptors (Lipinski definition) is 6. The lowest BCUT2D eigenvalue weighted by molar-refractivity contribution is -0.122. The Kier molecular flexibility index (Phi) is 7.92. The van der Waals surface area contributed by atoms with Crippen LogP contribution in [-0.4, -0.2) is 38.6 Å². The Morgan fingerprint density at radius 1 is 1.16 bits per heavy atom. The van der Waals surface area contributed by atoms with Crippen LogP contribution in [0.15, 0.2) is 42.5 Å². The van der Waals surface area contributed by atoms with Gasteiger partial charge in [-0.15, -0.1) is 0 Å². The fourth-order valence-electron chi connectivity index (χ4n) is 3.67. The standard InChI is InChI=1S/C24H28N4O4/c1-31-22-15-17(16-25)4-9-21(22)32-14-2-3-23(29)27-19-5-7-20(8-6-19)28-12-10-18(11-13-28)24(26)30/h4-9,15,18H,2-3,10-14H2,1H3,(H2,26,30)(H,27,29). The summed E-state index contributed by atoms with van der Waals surface area (Å²) in [6.45, 7) is 1.95. The summed E-state index contributed by atoms with van der Waals surface area (Å²) < 4.78 is 10.9. The van der Waals surface area contributed by atoms with Crippen LogP contribution in [0.4, 0.5) is 11.4 Å². The molecule has 0 radical (unpaired) electrons. The number of anilines is 2. The number of methoxy groups -OCH3 is 1. The minimum Gasteiger partial charge on any atom is -0.493 e. The number of hydrogen-bond donors (Lipinski definition) is 2. The van der Waals surface area contributed by atoms with E-state index in [0.717, 1.165) is 37.3 Å². The zero-order valence-electron chi connectivity index (χ0n) is 18.2. The number of ether oxygens (including phenoxy) is 2. The molecule has 0 aliphatic carbocycles. The van der Waals surface area contributed by atoms with Gasteiger partial charge in [-0.3, -0.25) is 9.59 Å². The molecule has 3 rings (SSSR count). The largest absolute Gasteiger partial charge is 0.493 e. The molecule has 168 valence electrons. The summed E-state index contributed by atoms with van der Waals surface area (Å²) in [6, 6.07) is 14.7. The maximum Gasteiger partial charge on any atom is 0.224 e. The van der Waals surface area contributed by atoms with Crippen LogP contribution in [0.3, 0.4) is 0 Å². The lowest BCUT2D eigenvalue weighted by Crippen LogP contribution is -2.38. The minimum atomic E-state index is -0.218. The number of nitrogens with one attached hydrogen (secondary N) is 1. The molecule has 8 nitrogen and oxygen atoms in total. The Bertz CT molecular complexity index is 976. The molecule has 2 aromatic rings. The Balaban J connectivity index is 1.41. The second kappa shape index (κ2) is 11.0. The molecular formula is C24H28N4O4. The van der Waals surface area contributed by atoms with E-state index in [1.807, 2.05) is 24.3 Å². The number of nitrogens with zero attached hydrogens (tertiary/aromatic N) is 2. The number of amides is 2. The highest BCUT2D eigenvalue weighted by Gasteiger charge is 2.23. The molecule has 1 saturated heterocycles. The van der Waals surface area contributed by atoms with Crippen LogP contribution >= 0.6 is 0 Å². The van der Waals surface area contributed by atoms with Crippen LogP contribution in [0.2, 0.25) is 0 Å². The number of carbonyl (C=O) groups excluding carboxylic acids is 2. The van der Waals surface area contributed by atoms with Crippen LogP contribution in [0, 0.1) is 17.2 Å². The average Bonchev–Trinajstić information content (AvgIpc) is 2.82. The number of primary amides is 1. The second-order valence-corrected chi connectivity index (χ2v) is 7.69. The van der Waals surface area contributed by atoms with Gasteiger partial charge in [-0.05, 0) is 55.7 Å². The SMILES string of the molecule is COc1cc(C#N)ccc1OCCCC(=O)Nc1ccc(N2CCC(C(N)=O)CC2)cc1. The van der Waals surface area contributed by atoms with Gasteiger partial charge >= 0.3 is 0 Å². The predicted molar refractivity (Wildman–Crippen MR) is 122 cm³/mol. The average molecular weight is 437 g/mol. The van der Waals surface area contributed by atoms with Crippen molar-refractivity contribution in [3.8, 4) is 17.6 Å². The first-order valence-electron chi connectivity index (χ1n) is 10.6. The van der Waals surface area contributed by atoms with Crippen molar-refractivity contribution in [3.63, 3.8) is 0 Å². The number of nitrogens with two attached hydrogens (primary N) is 1. The smallest absolute Gasteiger partial charge is 0.224 e. The molecule has 1 aliphatic rings. The number of benzene rings is 2. The van der Waals surface area contributed by atoms with E-state index >= 15 is 0 Å². The van der Waals surface area contributed by atoms with E-state index in [1.54, 1.807) is 18.2 Å². The molecule has 1 heterocycles. The maximum atomic E-state index is 12.2. The van der Waals surface area contributed by atoms with Crippen molar-refractivity contribution in [2.24, 2.45) is 11.7 Å². The Morgan fingerprint density at radius 3 is 2.50 bits per heavy atom. The zero-order chi connectivity index (χ0) is 22.9. The van der Waals surface area contributed by atoms with Gasteiger partial charge in [0.15, 0.2) is 11.5 Å². The number of rotatable bonds is 9. The van der Waals surface area contributed by atoms with E-state index in [2.05, 4.69) is 16.3 Å². The molecule has 1 aliphatic heterocycles. The van der Waals surface area contributed by atoms with Gasteiger partial charge in [0.2, 0.25) is 11.8 Å². The summed E-state index contributed by atoms with van der Waals surface area (Å²) in [5.41, 5.74) is 7.69. The van der Waals surface area contributed by atoms with E-state index in [4.69, 9.17) is 20.5 Å². The van der Waals surface area contributed by atoms with E-state index in [1.165, 1.54) is 7.11 Å². The molecule has 0 saturated carbocycles. The molecule has 3 N–H and O–H groups in total. The van der Waals surface area contributed by atoms with Gasteiger partial charge < -0.3 is 25.4 Å². The first-order valence-corrected chi connectivity index (χ1v) is 10.6. The fourth-order valence-corrected chi connectivity index (χ4v) is 3.67. The summed E-state index contributed by atoms with van der Waals surface area (Å²) in [6.07, 6.45) is 2.40. The van der Waals surface area contributed by atoms with Crippen molar-refractivity contribution in [3.05, 3.63) is 48.0 Å². The topological polar surface area (TPSA) is 118 Å². The lowest BCUT2D eigenvalue weighted by atomic mass is 9.96. The number of nitriles is 1. The molecule has 0 aromatic heterocycles. The Labute approximate surface area is 187 Å². The van der Waals surface area contributed by atoms with Crippen molar-refractivity contribution >= 4 is 23.2 Å². The summed E-state index contributed by atoms with van der Waals surface area (Å²) in [7, 11) is 1.52. The highest BCUT2D eigenvalue weighted by atomic mass is 16.5. The van der Waals surface area contributed by atoms with Crippen molar-refractivity contribution in [2.75, 3.05) is 37.0 Å². The number of carbonyl (C=O) groups is 2. The second-order valence-electron chi connectivity index (χ2n) is 7.69. The normalized spacial score (nSPS) is 13.8. The van der Waals surface area contributed by atoms with Crippen LogP contribution in [0.1, 0.15) is 31.2 Å². The first-order chi connectivity index (χ1) is 15.5. The molecule has 0 spiro atoms. The molecule has 0 bridgehead atoms. The van der Waals surface area contributed by atoms with Gasteiger partial charge in [-0.1, -0.05) is 0 Å². The van der Waals surface area contributed by atoms with E-state index in [-0.39, 0.29) is 17.7 Å². The van der Waals surface area contributed by atoms with Crippen LogP contribution in [0.5, 0.6) is 11.5 Å². The Hall–Kier alpha value is -3.73. The highest BCUT2D eigenvalue weighted by molar-refractivity contribution is 5.90. The molecule has 1 fully saturated rings. The van der Waals surface area contributed by atoms with Gasteiger partial charge in [0.25, 0.3) is 0 Å². The highest BCUT2D eigenvalue weighted by Crippen LogP contribution is 2.28. The lowest BCUT2D eigenvalue weighted by Gasteiger charge is -2.32. The molecule has 2 aromatic carbocycles. The quantitative estimate of drug-likeness (QED) is 0.584. The summed E-state index contributed by atoms with van der Waals surface area (Å²) >= 11 is 0. The van der Waals surface area contributed by atoms with Crippen LogP contribution < -0.4 is 25.4 Å². The minimum absolute atomic E-state index is 0.0354. The molecular weight excluding hydrogens is 408 g/mol. The van der Waals surface area contributed by atoms with Crippen molar-refractivity contribution in [1.82, 2.24) is 0 Å². The summed E-state index contributed by atoms with van der Waals surface area (Å²) in [5, 5.41) is 11.8. The van der Waals surface area contributed by atoms with Crippen LogP contribution in [-0.2, 0) is 9.59 Å². The molecule has 8 heteroatoms.